The summed E-state index contributed by atoms with van der Waals surface area (Å²) in [5, 5.41) is 19.8. The first-order valence-corrected chi connectivity index (χ1v) is 12.9. The minimum Gasteiger partial charge on any atom is -0.381 e. The van der Waals surface area contributed by atoms with Gasteiger partial charge < -0.3 is 16.1 Å². The van der Waals surface area contributed by atoms with Crippen molar-refractivity contribution < 1.29 is 5.76 Å². The fourth-order valence-corrected chi connectivity index (χ4v) is 5.48. The van der Waals surface area contributed by atoms with Crippen molar-refractivity contribution in [1.82, 2.24) is 21.0 Å². The highest BCUT2D eigenvalue weighted by molar-refractivity contribution is 6.35. The molecule has 6 rings (SSSR count). The number of nitriles is 1. The van der Waals surface area contributed by atoms with Crippen molar-refractivity contribution in [2.24, 2.45) is 5.41 Å². The highest BCUT2D eigenvalue weighted by atomic mass is 35.5. The first-order chi connectivity index (χ1) is 18.1. The van der Waals surface area contributed by atoms with Gasteiger partial charge in [0.25, 0.3) is 0 Å². The second-order valence-electron chi connectivity index (χ2n) is 10.9. The van der Waals surface area contributed by atoms with Crippen LogP contribution in [-0.2, 0) is 0 Å². The van der Waals surface area contributed by atoms with Gasteiger partial charge in [0, 0.05) is 35.6 Å². The lowest BCUT2D eigenvalue weighted by molar-refractivity contribution is 0.167. The molecule has 1 aromatic heterocycles. The Bertz CT molecular complexity index is 1470. The van der Waals surface area contributed by atoms with E-state index in [2.05, 4.69) is 46.5 Å². The molecule has 2 aliphatic carbocycles. The number of fused-ring (bicyclic) bond motifs is 1. The lowest BCUT2D eigenvalue weighted by Crippen LogP contribution is -2.41. The average Bonchev–Trinajstić information content (AvgIpc) is 3.59. The van der Waals surface area contributed by atoms with Crippen molar-refractivity contribution in [3.63, 3.8) is 0 Å². The molecule has 2 heterocycles. The van der Waals surface area contributed by atoms with Crippen LogP contribution in [0.2, 0.25) is 5.02 Å². The summed E-state index contributed by atoms with van der Waals surface area (Å²) in [5.41, 5.74) is 9.91. The molecule has 1 atom stereocenters. The second-order valence-corrected chi connectivity index (χ2v) is 11.3. The van der Waals surface area contributed by atoms with E-state index in [9.17, 15) is 11.0 Å². The molecule has 2 aromatic carbocycles. The predicted octanol–water partition coefficient (Wildman–Crippen LogP) is 5.98. The van der Waals surface area contributed by atoms with E-state index in [1.807, 2.05) is 17.3 Å². The summed E-state index contributed by atoms with van der Waals surface area (Å²) in [5.74, 6) is -0.374. The van der Waals surface area contributed by atoms with Crippen molar-refractivity contribution in [1.29, 1.82) is 5.26 Å². The number of hydrogen-bond donors (Lipinski definition) is 4. The molecule has 0 unspecified atom stereocenters. The van der Waals surface area contributed by atoms with E-state index >= 15 is 0 Å². The summed E-state index contributed by atoms with van der Waals surface area (Å²) < 4.78 is 23.4. The Kier molecular flexibility index (Phi) is 5.56. The zero-order valence-electron chi connectivity index (χ0n) is 21.7. The van der Waals surface area contributed by atoms with Crippen LogP contribution in [-0.4, -0.2) is 22.1 Å². The Labute approximate surface area is 222 Å². The van der Waals surface area contributed by atoms with Crippen LogP contribution in [0.1, 0.15) is 58.0 Å². The number of halogens is 2. The number of pyridine rings is 1. The lowest BCUT2D eigenvalue weighted by atomic mass is 9.68. The van der Waals surface area contributed by atoms with Crippen LogP contribution in [0.3, 0.4) is 0 Å². The van der Waals surface area contributed by atoms with E-state index < -0.39 is 6.02 Å². The molecule has 4 N–H and O–H groups in total. The van der Waals surface area contributed by atoms with Crippen LogP contribution in [0.5, 0.6) is 0 Å². The highest BCUT2D eigenvalue weighted by Crippen LogP contribution is 2.43. The minimum atomic E-state index is -1.49. The molecular weight excluding hydrogens is 489 g/mol. The third kappa shape index (κ3) is 4.77. The number of anilines is 2. The van der Waals surface area contributed by atoms with Crippen LogP contribution < -0.4 is 21.6 Å². The van der Waals surface area contributed by atoms with Gasteiger partial charge in [-0.3, -0.25) is 9.99 Å². The van der Waals surface area contributed by atoms with Crippen LogP contribution in [0.25, 0.3) is 10.9 Å². The normalized spacial score (nSPS) is 20.8. The van der Waals surface area contributed by atoms with Crippen molar-refractivity contribution >= 4 is 33.9 Å². The third-order valence-electron chi connectivity index (χ3n) is 7.19. The van der Waals surface area contributed by atoms with Crippen LogP contribution in [0, 0.1) is 22.6 Å². The summed E-state index contributed by atoms with van der Waals surface area (Å²) in [4.78, 5) is 4.46. The smallest absolute Gasteiger partial charge is 0.123 e. The van der Waals surface area contributed by atoms with Crippen molar-refractivity contribution in [3.05, 3.63) is 76.5 Å². The van der Waals surface area contributed by atoms with Crippen molar-refractivity contribution in [2.75, 3.05) is 10.6 Å². The SMILES string of the molecule is [2H][C@](Nc1cc(Cl)c2ncc(C#N)c(NC3CC(C)(C)C3)c2c1)(C1=CN(C2CC2)NN1)c1ccc(F)cc1. The fraction of sp³-hybridized carbons (Fsp3) is 0.357. The Morgan fingerprint density at radius 3 is 2.70 bits per heavy atom. The summed E-state index contributed by atoms with van der Waals surface area (Å²) in [7, 11) is 0. The number of rotatable bonds is 7. The summed E-state index contributed by atoms with van der Waals surface area (Å²) >= 11 is 6.71. The quantitative estimate of drug-likeness (QED) is 0.306. The number of nitrogens with one attached hydrogen (secondary N) is 4. The molecule has 0 spiro atoms. The Balaban J connectivity index is 1.42. The van der Waals surface area contributed by atoms with Gasteiger partial charge in [0.2, 0.25) is 0 Å². The zero-order chi connectivity index (χ0) is 26.7. The minimum absolute atomic E-state index is 0.250. The van der Waals surface area contributed by atoms with Crippen LogP contribution in [0.15, 0.2) is 54.5 Å². The molecule has 7 nitrogen and oxygen atoms in total. The van der Waals surface area contributed by atoms with Gasteiger partial charge in [-0.15, -0.1) is 5.53 Å². The summed E-state index contributed by atoms with van der Waals surface area (Å²) in [6.07, 6.45) is 7.58. The molecule has 190 valence electrons. The molecule has 0 amide bonds. The summed E-state index contributed by atoms with van der Waals surface area (Å²) in [6.45, 7) is 4.46. The van der Waals surface area contributed by atoms with E-state index in [0.717, 1.165) is 25.7 Å². The van der Waals surface area contributed by atoms with Gasteiger partial charge in [0.1, 0.15) is 11.9 Å². The van der Waals surface area contributed by atoms with Gasteiger partial charge >= 0.3 is 0 Å². The average molecular weight is 519 g/mol. The van der Waals surface area contributed by atoms with E-state index in [-0.39, 0.29) is 17.3 Å². The Hall–Kier alpha value is -3.54. The van der Waals surface area contributed by atoms with Crippen LogP contribution in [0.4, 0.5) is 15.8 Å². The van der Waals surface area contributed by atoms with Gasteiger partial charge in [-0.1, -0.05) is 37.6 Å². The van der Waals surface area contributed by atoms with E-state index in [1.165, 1.54) is 12.1 Å². The monoisotopic (exact) mass is 518 g/mol. The van der Waals surface area contributed by atoms with Crippen LogP contribution >= 0.6 is 11.6 Å². The number of aromatic nitrogens is 1. The lowest BCUT2D eigenvalue weighted by Gasteiger charge is -2.43. The molecule has 3 aliphatic rings. The molecule has 9 heteroatoms. The number of hydrazine groups is 2. The molecule has 0 saturated heterocycles. The maximum atomic E-state index is 13.8. The number of nitrogens with zero attached hydrogens (tertiary/aromatic N) is 3. The number of benzene rings is 2. The number of hydrogen-bond acceptors (Lipinski definition) is 7. The van der Waals surface area contributed by atoms with E-state index in [0.29, 0.717) is 50.2 Å². The first kappa shape index (κ1) is 22.6. The molecule has 3 aromatic rings. The fourth-order valence-electron chi connectivity index (χ4n) is 5.21. The van der Waals surface area contributed by atoms with E-state index in [1.54, 1.807) is 24.4 Å². The first-order valence-electron chi connectivity index (χ1n) is 13.0. The standard InChI is InChI=1S/C28H29ClFN7/c1-28(2)11-20(12-28)34-25-17(13-31)14-32-27-22(25)9-19(10-23(27)29)33-26(16-3-5-18(30)6-4-16)24-15-37(36-35-24)21-7-8-21/h3-6,9-10,14-15,20-21,26,33,35-36H,7-8,11-12H2,1-2H3,(H,32,34)/t26-/m1/s1/i26D. The Morgan fingerprint density at radius 1 is 1.27 bits per heavy atom. The van der Waals surface area contributed by atoms with Gasteiger partial charge in [0.15, 0.2) is 0 Å². The van der Waals surface area contributed by atoms with E-state index in [4.69, 9.17) is 11.6 Å². The zero-order valence-corrected chi connectivity index (χ0v) is 21.5. The molecule has 0 bridgehead atoms. The molecule has 2 fully saturated rings. The van der Waals surface area contributed by atoms with Gasteiger partial charge in [-0.25, -0.2) is 4.39 Å². The topological polar surface area (TPSA) is 88.0 Å². The predicted molar refractivity (Wildman–Crippen MR) is 144 cm³/mol. The Morgan fingerprint density at radius 2 is 2.03 bits per heavy atom. The maximum absolute atomic E-state index is 13.8. The molecule has 37 heavy (non-hydrogen) atoms. The molecule has 2 saturated carbocycles. The molecule has 1 aliphatic heterocycles. The van der Waals surface area contributed by atoms with Crippen molar-refractivity contribution in [2.45, 2.75) is 57.6 Å². The van der Waals surface area contributed by atoms with Crippen molar-refractivity contribution in [3.8, 4) is 6.07 Å². The third-order valence-corrected chi connectivity index (χ3v) is 7.48. The maximum Gasteiger partial charge on any atom is 0.123 e. The second kappa shape index (κ2) is 9.09. The molecule has 0 radical (unpaired) electrons. The van der Waals surface area contributed by atoms with Gasteiger partial charge in [-0.05, 0) is 60.9 Å². The highest BCUT2D eigenvalue weighted by Gasteiger charge is 2.36. The van der Waals surface area contributed by atoms with Gasteiger partial charge in [-0.2, -0.15) is 5.26 Å². The summed E-state index contributed by atoms with van der Waals surface area (Å²) in [6, 6.07) is 10.9. The molecular formula is C28H29ClFN7. The largest absolute Gasteiger partial charge is 0.381 e. The van der Waals surface area contributed by atoms with Gasteiger partial charge in [0.05, 0.1) is 34.9 Å².